The Hall–Kier alpha value is -2.12. The number of esters is 1. The van der Waals surface area contributed by atoms with Crippen LogP contribution in [0.5, 0.6) is 0 Å². The van der Waals surface area contributed by atoms with Crippen molar-refractivity contribution < 1.29 is 39.2 Å². The Morgan fingerprint density at radius 3 is 1.04 bits per heavy atom. The van der Waals surface area contributed by atoms with Gasteiger partial charge in [-0.2, -0.15) is 0 Å². The molecule has 8 heteroatoms. The first-order chi connectivity index (χ1) is 23.6. The van der Waals surface area contributed by atoms with Gasteiger partial charge in [0.25, 0.3) is 0 Å². The second-order valence-corrected chi connectivity index (χ2v) is 14.7. The molecule has 0 aliphatic rings. The molecule has 0 spiro atoms. The Balaban J connectivity index is 6.13. The summed E-state index contributed by atoms with van der Waals surface area (Å²) in [6.45, 7) is 7.60. The average molecular weight is 697 g/mol. The van der Waals surface area contributed by atoms with Crippen LogP contribution in [0, 0.1) is 11.3 Å². The highest BCUT2D eigenvalue weighted by Crippen LogP contribution is 2.50. The Kier molecular flexibility index (Phi) is 28.3. The normalized spacial score (nSPS) is 13.6. The van der Waals surface area contributed by atoms with Gasteiger partial charge in [0.1, 0.15) is 11.3 Å². The van der Waals surface area contributed by atoms with Crippen molar-refractivity contribution in [2.75, 3.05) is 0 Å². The summed E-state index contributed by atoms with van der Waals surface area (Å²) >= 11 is 0. The molecule has 0 heterocycles. The van der Waals surface area contributed by atoms with Gasteiger partial charge in [0.2, 0.25) is 5.60 Å². The highest BCUT2D eigenvalue weighted by atomic mass is 16.6. The van der Waals surface area contributed by atoms with E-state index < -0.39 is 40.8 Å². The lowest BCUT2D eigenvalue weighted by Gasteiger charge is -2.47. The minimum absolute atomic E-state index is 0.0453. The molecule has 2 unspecified atom stereocenters. The molecule has 3 N–H and O–H groups in total. The first kappa shape index (κ1) is 46.9. The summed E-state index contributed by atoms with van der Waals surface area (Å²) in [6.07, 6.45) is 26.7. The van der Waals surface area contributed by atoms with Crippen molar-refractivity contribution in [2.45, 2.75) is 226 Å². The molecule has 0 bridgehead atoms. The Morgan fingerprint density at radius 2 is 0.776 bits per heavy atom. The molecule has 0 aliphatic heterocycles. The maximum atomic E-state index is 13.5. The lowest BCUT2D eigenvalue weighted by molar-refractivity contribution is -0.220. The number of aliphatic carboxylic acids is 3. The van der Waals surface area contributed by atoms with E-state index in [-0.39, 0.29) is 19.3 Å². The van der Waals surface area contributed by atoms with Gasteiger partial charge in [-0.3, -0.25) is 14.4 Å². The van der Waals surface area contributed by atoms with Gasteiger partial charge in [-0.1, -0.05) is 194 Å². The van der Waals surface area contributed by atoms with Gasteiger partial charge >= 0.3 is 23.9 Å². The molecule has 0 aliphatic carbocycles. The molecule has 8 nitrogen and oxygen atoms in total. The quantitative estimate of drug-likeness (QED) is 0.0434. The van der Waals surface area contributed by atoms with Gasteiger partial charge in [-0.15, -0.1) is 0 Å². The van der Waals surface area contributed by atoms with Crippen LogP contribution in [0.3, 0.4) is 0 Å². The topological polar surface area (TPSA) is 138 Å². The number of carboxylic acid groups (broad SMARTS) is 3. The lowest BCUT2D eigenvalue weighted by atomic mass is 9.59. The molecule has 49 heavy (non-hydrogen) atoms. The minimum atomic E-state index is -2.71. The summed E-state index contributed by atoms with van der Waals surface area (Å²) in [5, 5.41) is 32.4. The molecule has 0 aromatic carbocycles. The van der Waals surface area contributed by atoms with Crippen LogP contribution in [0.15, 0.2) is 0 Å². The third kappa shape index (κ3) is 18.6. The van der Waals surface area contributed by atoms with Crippen LogP contribution in [0.4, 0.5) is 0 Å². The first-order valence-corrected chi connectivity index (χ1v) is 20.5. The van der Waals surface area contributed by atoms with E-state index in [1.807, 2.05) is 0 Å². The maximum absolute atomic E-state index is 13.5. The molecule has 0 saturated carbocycles. The molecule has 0 saturated heterocycles. The lowest BCUT2D eigenvalue weighted by Crippen LogP contribution is -2.66. The predicted molar refractivity (Wildman–Crippen MR) is 199 cm³/mol. The number of unbranched alkanes of at least 4 members (excludes halogenated alkanes) is 24. The summed E-state index contributed by atoms with van der Waals surface area (Å²) in [5.74, 6) is -7.11. The van der Waals surface area contributed by atoms with Crippen molar-refractivity contribution in [1.82, 2.24) is 0 Å². The van der Waals surface area contributed by atoms with Crippen molar-refractivity contribution in [3.05, 3.63) is 0 Å². The van der Waals surface area contributed by atoms with Crippen LogP contribution >= 0.6 is 0 Å². The highest BCUT2D eigenvalue weighted by Gasteiger charge is 2.69. The van der Waals surface area contributed by atoms with Gasteiger partial charge in [-0.05, 0) is 19.3 Å². The fraction of sp³-hybridized carbons (Fsp3) is 0.902. The smallest absolute Gasteiger partial charge is 0.350 e. The number of carbonyl (C=O) groups is 4. The van der Waals surface area contributed by atoms with Crippen LogP contribution in [-0.2, 0) is 23.9 Å². The standard InChI is InChI=1S/C41H76O8/c1-5-8-11-14-17-20-23-26-29-32-36(37(43)44)41(39(47)48,49-35(4)42)40(38(45)46,33-30-27-24-21-18-15-12-9-6-2)34-31-28-25-22-19-16-13-10-7-3/h36H,5-34H2,1-4H3,(H,43,44)(H,45,46)(H,47,48). The molecule has 288 valence electrons. The van der Waals surface area contributed by atoms with E-state index in [1.165, 1.54) is 77.0 Å². The van der Waals surface area contributed by atoms with Crippen molar-refractivity contribution in [2.24, 2.45) is 11.3 Å². The fourth-order valence-corrected chi connectivity index (χ4v) is 7.63. The fourth-order valence-electron chi connectivity index (χ4n) is 7.63. The summed E-state index contributed by atoms with van der Waals surface area (Å²) < 4.78 is 5.65. The van der Waals surface area contributed by atoms with Crippen molar-refractivity contribution in [3.63, 3.8) is 0 Å². The molecule has 0 aromatic rings. The van der Waals surface area contributed by atoms with Crippen molar-refractivity contribution >= 4 is 23.9 Å². The number of ether oxygens (including phenoxy) is 1. The van der Waals surface area contributed by atoms with E-state index in [1.54, 1.807) is 0 Å². The second kappa shape index (κ2) is 29.6. The van der Waals surface area contributed by atoms with Gasteiger partial charge in [0.05, 0.1) is 0 Å². The van der Waals surface area contributed by atoms with Crippen LogP contribution < -0.4 is 0 Å². The van der Waals surface area contributed by atoms with Crippen LogP contribution in [-0.4, -0.2) is 44.8 Å². The average Bonchev–Trinajstić information content (AvgIpc) is 3.05. The molecule has 0 aromatic heterocycles. The third-order valence-corrected chi connectivity index (χ3v) is 10.5. The van der Waals surface area contributed by atoms with E-state index in [0.717, 1.165) is 64.7 Å². The number of carboxylic acids is 3. The Labute approximate surface area is 299 Å². The highest BCUT2D eigenvalue weighted by molar-refractivity contribution is 5.95. The monoisotopic (exact) mass is 697 g/mol. The molecular formula is C41H76O8. The number of rotatable bonds is 36. The number of carbonyl (C=O) groups excluding carboxylic acids is 1. The Morgan fingerprint density at radius 1 is 0.469 bits per heavy atom. The first-order valence-electron chi connectivity index (χ1n) is 20.5. The second-order valence-electron chi connectivity index (χ2n) is 14.7. The Bertz CT molecular complexity index is 850. The van der Waals surface area contributed by atoms with Gasteiger partial charge in [0.15, 0.2) is 0 Å². The third-order valence-electron chi connectivity index (χ3n) is 10.5. The molecule has 0 radical (unpaired) electrons. The van der Waals surface area contributed by atoms with Gasteiger partial charge in [0, 0.05) is 6.92 Å². The van der Waals surface area contributed by atoms with Crippen molar-refractivity contribution in [1.29, 1.82) is 0 Å². The summed E-state index contributed by atoms with van der Waals surface area (Å²) in [5.41, 5.74) is -4.77. The zero-order valence-corrected chi connectivity index (χ0v) is 32.2. The summed E-state index contributed by atoms with van der Waals surface area (Å²) in [6, 6.07) is 0. The predicted octanol–water partition coefficient (Wildman–Crippen LogP) is 11.9. The van der Waals surface area contributed by atoms with E-state index in [0.29, 0.717) is 38.5 Å². The zero-order valence-electron chi connectivity index (χ0n) is 32.2. The number of hydrogen-bond donors (Lipinski definition) is 3. The van der Waals surface area contributed by atoms with E-state index in [9.17, 15) is 34.5 Å². The minimum Gasteiger partial charge on any atom is -0.481 e. The molecule has 0 rings (SSSR count). The molecule has 2 atom stereocenters. The van der Waals surface area contributed by atoms with E-state index >= 15 is 0 Å². The molecule has 0 amide bonds. The summed E-state index contributed by atoms with van der Waals surface area (Å²) in [4.78, 5) is 52.5. The van der Waals surface area contributed by atoms with E-state index in [4.69, 9.17) is 4.74 Å². The number of hydrogen-bond acceptors (Lipinski definition) is 5. The van der Waals surface area contributed by atoms with Crippen LogP contribution in [0.1, 0.15) is 220 Å². The van der Waals surface area contributed by atoms with E-state index in [2.05, 4.69) is 20.8 Å². The zero-order chi connectivity index (χ0) is 36.8. The van der Waals surface area contributed by atoms with Gasteiger partial charge < -0.3 is 20.1 Å². The largest absolute Gasteiger partial charge is 0.481 e. The van der Waals surface area contributed by atoms with Crippen LogP contribution in [0.25, 0.3) is 0 Å². The van der Waals surface area contributed by atoms with Gasteiger partial charge in [-0.25, -0.2) is 4.79 Å². The summed E-state index contributed by atoms with van der Waals surface area (Å²) in [7, 11) is 0. The maximum Gasteiger partial charge on any atom is 0.350 e. The SMILES string of the molecule is CCCCCCCCCCCC(C(=O)O)C(OC(C)=O)(C(=O)O)C(CCCCCCCCCCC)(CCCCCCCCCCC)C(=O)O. The van der Waals surface area contributed by atoms with Crippen LogP contribution in [0.2, 0.25) is 0 Å². The van der Waals surface area contributed by atoms with Crippen molar-refractivity contribution in [3.8, 4) is 0 Å². The molecular weight excluding hydrogens is 620 g/mol. The molecule has 0 fully saturated rings.